The summed E-state index contributed by atoms with van der Waals surface area (Å²) < 4.78 is 26.9. The fourth-order valence-corrected chi connectivity index (χ4v) is 5.01. The average Bonchev–Trinajstić information content (AvgIpc) is 2.98. The van der Waals surface area contributed by atoms with E-state index in [1.165, 1.54) is 22.7 Å². The Morgan fingerprint density at radius 1 is 1.42 bits per heavy atom. The number of thiophene rings is 1. The lowest BCUT2D eigenvalue weighted by atomic mass is 10.3. The standard InChI is InChI=1S/C11H14N2O3S3/c1-8-7-18-9(6-14)11(8)19(15,16)13-3-2-10-12-4-5-17-10/h4-5,7,13-14H,2-3,6H2,1H3. The van der Waals surface area contributed by atoms with Crippen LogP contribution in [-0.4, -0.2) is 25.1 Å². The van der Waals surface area contributed by atoms with E-state index in [4.69, 9.17) is 0 Å². The predicted molar refractivity (Wildman–Crippen MR) is 76.0 cm³/mol. The van der Waals surface area contributed by atoms with Gasteiger partial charge in [0.15, 0.2) is 0 Å². The van der Waals surface area contributed by atoms with Crippen molar-refractivity contribution in [2.45, 2.75) is 24.8 Å². The van der Waals surface area contributed by atoms with Crippen LogP contribution >= 0.6 is 22.7 Å². The lowest BCUT2D eigenvalue weighted by Crippen LogP contribution is -2.27. The van der Waals surface area contributed by atoms with E-state index >= 15 is 0 Å². The molecule has 2 aromatic rings. The lowest BCUT2D eigenvalue weighted by molar-refractivity contribution is 0.282. The molecule has 0 spiro atoms. The predicted octanol–water partition coefficient (Wildman–Crippen LogP) is 1.53. The van der Waals surface area contributed by atoms with Gasteiger partial charge in [0.05, 0.1) is 16.5 Å². The minimum atomic E-state index is -3.57. The van der Waals surface area contributed by atoms with Crippen molar-refractivity contribution < 1.29 is 13.5 Å². The van der Waals surface area contributed by atoms with Crippen LogP contribution in [0.25, 0.3) is 0 Å². The lowest BCUT2D eigenvalue weighted by Gasteiger charge is -2.07. The fourth-order valence-electron chi connectivity index (χ4n) is 1.70. The highest BCUT2D eigenvalue weighted by Gasteiger charge is 2.22. The number of rotatable bonds is 6. The number of aromatic nitrogens is 1. The third kappa shape index (κ3) is 3.40. The number of aliphatic hydroxyl groups excluding tert-OH is 1. The zero-order valence-electron chi connectivity index (χ0n) is 10.3. The van der Waals surface area contributed by atoms with E-state index < -0.39 is 10.0 Å². The summed E-state index contributed by atoms with van der Waals surface area (Å²) in [6, 6.07) is 0. The smallest absolute Gasteiger partial charge is 0.242 e. The second-order valence-electron chi connectivity index (χ2n) is 3.90. The number of hydrogen-bond donors (Lipinski definition) is 2. The number of aliphatic hydroxyl groups is 1. The molecule has 0 aliphatic rings. The van der Waals surface area contributed by atoms with E-state index in [-0.39, 0.29) is 11.5 Å². The molecule has 2 heterocycles. The van der Waals surface area contributed by atoms with Gasteiger partial charge in [-0.25, -0.2) is 18.1 Å². The van der Waals surface area contributed by atoms with Gasteiger partial charge in [0.2, 0.25) is 10.0 Å². The minimum absolute atomic E-state index is 0.208. The number of nitrogens with one attached hydrogen (secondary N) is 1. The first kappa shape index (κ1) is 14.6. The Hall–Kier alpha value is -0.800. The second kappa shape index (κ2) is 6.10. The molecule has 0 saturated carbocycles. The van der Waals surface area contributed by atoms with Crippen molar-refractivity contribution in [1.82, 2.24) is 9.71 Å². The van der Waals surface area contributed by atoms with E-state index in [2.05, 4.69) is 9.71 Å². The summed E-state index contributed by atoms with van der Waals surface area (Å²) in [6.07, 6.45) is 2.26. The molecule has 0 aromatic carbocycles. The molecule has 0 bridgehead atoms. The van der Waals surface area contributed by atoms with Crippen LogP contribution in [0.4, 0.5) is 0 Å². The Morgan fingerprint density at radius 3 is 2.84 bits per heavy atom. The summed E-state index contributed by atoms with van der Waals surface area (Å²) >= 11 is 2.75. The molecular formula is C11H14N2O3S3. The largest absolute Gasteiger partial charge is 0.391 e. The molecule has 0 aliphatic heterocycles. The van der Waals surface area contributed by atoms with Gasteiger partial charge in [-0.15, -0.1) is 22.7 Å². The van der Waals surface area contributed by atoms with Crippen molar-refractivity contribution in [3.05, 3.63) is 32.4 Å². The van der Waals surface area contributed by atoms with Crippen molar-refractivity contribution in [3.8, 4) is 0 Å². The van der Waals surface area contributed by atoms with Crippen LogP contribution in [0.2, 0.25) is 0 Å². The molecule has 0 saturated heterocycles. The van der Waals surface area contributed by atoms with Gasteiger partial charge in [0, 0.05) is 24.5 Å². The molecule has 2 N–H and O–H groups in total. The molecule has 0 atom stereocenters. The molecule has 0 radical (unpaired) electrons. The number of hydrogen-bond acceptors (Lipinski definition) is 6. The molecule has 0 unspecified atom stereocenters. The van der Waals surface area contributed by atoms with Crippen LogP contribution in [0.15, 0.2) is 21.9 Å². The highest BCUT2D eigenvalue weighted by molar-refractivity contribution is 7.89. The molecule has 0 aliphatic carbocycles. The molecule has 0 amide bonds. The topological polar surface area (TPSA) is 79.3 Å². The highest BCUT2D eigenvalue weighted by Crippen LogP contribution is 2.26. The first-order chi connectivity index (χ1) is 9.04. The molecule has 104 valence electrons. The molecule has 5 nitrogen and oxygen atoms in total. The fraction of sp³-hybridized carbons (Fsp3) is 0.364. The molecule has 8 heteroatoms. The number of sulfonamides is 1. The van der Waals surface area contributed by atoms with Gasteiger partial charge in [-0.2, -0.15) is 0 Å². The average molecular weight is 318 g/mol. The minimum Gasteiger partial charge on any atom is -0.391 e. The van der Waals surface area contributed by atoms with Crippen LogP contribution in [0.1, 0.15) is 15.4 Å². The van der Waals surface area contributed by atoms with E-state index in [1.54, 1.807) is 18.5 Å². The Labute approximate surface area is 120 Å². The van der Waals surface area contributed by atoms with Crippen LogP contribution in [0.5, 0.6) is 0 Å². The maximum atomic E-state index is 12.2. The van der Waals surface area contributed by atoms with Gasteiger partial charge in [-0.3, -0.25) is 0 Å². The van der Waals surface area contributed by atoms with E-state index in [1.807, 2.05) is 5.38 Å². The normalized spacial score (nSPS) is 11.9. The van der Waals surface area contributed by atoms with Crippen LogP contribution in [-0.2, 0) is 23.1 Å². The number of nitrogens with zero attached hydrogens (tertiary/aromatic N) is 1. The molecule has 0 fully saturated rings. The first-order valence-electron chi connectivity index (χ1n) is 5.60. The van der Waals surface area contributed by atoms with Gasteiger partial charge in [0.25, 0.3) is 0 Å². The van der Waals surface area contributed by atoms with Crippen molar-refractivity contribution in [3.63, 3.8) is 0 Å². The van der Waals surface area contributed by atoms with Gasteiger partial charge in [-0.1, -0.05) is 0 Å². The zero-order chi connectivity index (χ0) is 13.9. The SMILES string of the molecule is Cc1csc(CO)c1S(=O)(=O)NCCc1nccs1. The molecule has 2 rings (SSSR count). The summed E-state index contributed by atoms with van der Waals surface area (Å²) in [5.74, 6) is 0. The summed E-state index contributed by atoms with van der Waals surface area (Å²) in [6.45, 7) is 1.77. The zero-order valence-corrected chi connectivity index (χ0v) is 12.7. The van der Waals surface area contributed by atoms with Gasteiger partial charge < -0.3 is 5.11 Å². The number of thiazole rings is 1. The van der Waals surface area contributed by atoms with Gasteiger partial charge in [0.1, 0.15) is 4.90 Å². The maximum Gasteiger partial charge on any atom is 0.242 e. The first-order valence-corrected chi connectivity index (χ1v) is 8.84. The highest BCUT2D eigenvalue weighted by atomic mass is 32.2. The van der Waals surface area contributed by atoms with Crippen LogP contribution in [0.3, 0.4) is 0 Å². The van der Waals surface area contributed by atoms with Crippen molar-refractivity contribution in [2.75, 3.05) is 6.54 Å². The quantitative estimate of drug-likeness (QED) is 0.846. The molecular weight excluding hydrogens is 304 g/mol. The summed E-state index contributed by atoms with van der Waals surface area (Å²) in [5, 5.41) is 13.7. The number of aryl methyl sites for hydroxylation is 1. The van der Waals surface area contributed by atoms with E-state index in [0.29, 0.717) is 23.4 Å². The van der Waals surface area contributed by atoms with Gasteiger partial charge >= 0.3 is 0 Å². The third-order valence-electron chi connectivity index (χ3n) is 2.52. The summed E-state index contributed by atoms with van der Waals surface area (Å²) in [7, 11) is -3.57. The Bertz CT molecular complexity index is 632. The Kier molecular flexibility index (Phi) is 4.69. The third-order valence-corrected chi connectivity index (χ3v) is 6.26. The molecule has 19 heavy (non-hydrogen) atoms. The van der Waals surface area contributed by atoms with Crippen molar-refractivity contribution in [1.29, 1.82) is 0 Å². The van der Waals surface area contributed by atoms with E-state index in [9.17, 15) is 13.5 Å². The van der Waals surface area contributed by atoms with Crippen molar-refractivity contribution in [2.24, 2.45) is 0 Å². The maximum absolute atomic E-state index is 12.2. The van der Waals surface area contributed by atoms with E-state index in [0.717, 1.165) is 5.01 Å². The summed E-state index contributed by atoms with van der Waals surface area (Å²) in [4.78, 5) is 4.77. The Balaban J connectivity index is 2.07. The Morgan fingerprint density at radius 2 is 2.21 bits per heavy atom. The second-order valence-corrected chi connectivity index (χ2v) is 7.55. The van der Waals surface area contributed by atoms with Crippen molar-refractivity contribution >= 4 is 32.7 Å². The monoisotopic (exact) mass is 318 g/mol. The summed E-state index contributed by atoms with van der Waals surface area (Å²) in [5.41, 5.74) is 0.663. The van der Waals surface area contributed by atoms with Crippen LogP contribution < -0.4 is 4.72 Å². The molecule has 2 aromatic heterocycles. The van der Waals surface area contributed by atoms with Crippen LogP contribution in [0, 0.1) is 6.92 Å². The van der Waals surface area contributed by atoms with Gasteiger partial charge in [-0.05, 0) is 17.9 Å².